The Kier molecular flexibility index (Phi) is 3.61. The average Bonchev–Trinajstić information content (AvgIpc) is 2.70. The quantitative estimate of drug-likeness (QED) is 0.870. The summed E-state index contributed by atoms with van der Waals surface area (Å²) in [6.45, 7) is 0.303. The molecule has 0 spiro atoms. The van der Waals surface area contributed by atoms with Crippen LogP contribution in [0.15, 0.2) is 24.3 Å². The van der Waals surface area contributed by atoms with Gasteiger partial charge in [0.05, 0.1) is 0 Å². The van der Waals surface area contributed by atoms with Crippen LogP contribution in [0.5, 0.6) is 0 Å². The van der Waals surface area contributed by atoms with Crippen molar-refractivity contribution in [1.29, 1.82) is 0 Å². The Hall–Kier alpha value is -1.49. The minimum absolute atomic E-state index is 0.205. The molecule has 1 amide bonds. The lowest BCUT2D eigenvalue weighted by atomic mass is 10.1. The van der Waals surface area contributed by atoms with Gasteiger partial charge in [-0.2, -0.15) is 0 Å². The Balaban J connectivity index is 2.04. The van der Waals surface area contributed by atoms with E-state index in [1.165, 1.54) is 0 Å². The Morgan fingerprint density at radius 1 is 1.44 bits per heavy atom. The number of amides is 1. The van der Waals surface area contributed by atoms with Crippen molar-refractivity contribution in [3.63, 3.8) is 0 Å². The molecule has 1 aromatic carbocycles. The fourth-order valence-electron chi connectivity index (χ4n) is 2.23. The van der Waals surface area contributed by atoms with Crippen molar-refractivity contribution in [2.24, 2.45) is 11.7 Å². The molecule has 0 bridgehead atoms. The highest BCUT2D eigenvalue weighted by Crippen LogP contribution is 2.39. The van der Waals surface area contributed by atoms with Crippen LogP contribution in [0.2, 0.25) is 0 Å². The highest BCUT2D eigenvalue weighted by molar-refractivity contribution is 5.93. The molecule has 1 fully saturated rings. The van der Waals surface area contributed by atoms with Gasteiger partial charge in [-0.25, -0.2) is 8.78 Å². The van der Waals surface area contributed by atoms with E-state index in [1.54, 1.807) is 18.2 Å². The normalized spacial score (nSPS) is 21.8. The number of hydrogen-bond donors (Lipinski definition) is 2. The molecule has 0 radical (unpaired) electrons. The van der Waals surface area contributed by atoms with E-state index in [0.717, 1.165) is 5.56 Å². The van der Waals surface area contributed by atoms with Gasteiger partial charge in [-0.15, -0.1) is 0 Å². The van der Waals surface area contributed by atoms with Crippen LogP contribution in [0.4, 0.5) is 14.5 Å². The van der Waals surface area contributed by atoms with Crippen LogP contribution in [-0.4, -0.2) is 11.8 Å². The molecule has 98 valence electrons. The van der Waals surface area contributed by atoms with Gasteiger partial charge in [0.25, 0.3) is 0 Å². The third kappa shape index (κ3) is 2.85. The van der Waals surface area contributed by atoms with Crippen LogP contribution >= 0.6 is 0 Å². The van der Waals surface area contributed by atoms with Crippen LogP contribution in [0, 0.1) is 5.92 Å². The maximum Gasteiger partial charge on any atom is 0.248 e. The van der Waals surface area contributed by atoms with E-state index in [2.05, 4.69) is 5.32 Å². The summed E-state index contributed by atoms with van der Waals surface area (Å²) >= 11 is 0. The summed E-state index contributed by atoms with van der Waals surface area (Å²) in [4.78, 5) is 11.9. The molecule has 1 atom stereocenters. The third-order valence-corrected chi connectivity index (χ3v) is 3.27. The average molecular weight is 254 g/mol. The van der Waals surface area contributed by atoms with Crippen molar-refractivity contribution in [1.82, 2.24) is 0 Å². The largest absolute Gasteiger partial charge is 0.326 e. The fourth-order valence-corrected chi connectivity index (χ4v) is 2.23. The van der Waals surface area contributed by atoms with Crippen LogP contribution in [0.25, 0.3) is 0 Å². The summed E-state index contributed by atoms with van der Waals surface area (Å²) in [5.41, 5.74) is 6.96. The summed E-state index contributed by atoms with van der Waals surface area (Å²) in [5, 5.41) is 2.69. The van der Waals surface area contributed by atoms with Gasteiger partial charge < -0.3 is 11.1 Å². The first-order valence-electron chi connectivity index (χ1n) is 5.98. The Bertz CT molecular complexity index is 448. The van der Waals surface area contributed by atoms with Crippen molar-refractivity contribution < 1.29 is 13.6 Å². The summed E-state index contributed by atoms with van der Waals surface area (Å²) in [6.07, 6.45) is -0.323. The Morgan fingerprint density at radius 2 is 2.17 bits per heavy atom. The van der Waals surface area contributed by atoms with Gasteiger partial charge in [0.2, 0.25) is 11.8 Å². The molecule has 0 aromatic heterocycles. The zero-order valence-electron chi connectivity index (χ0n) is 9.96. The molecule has 3 N–H and O–H groups in total. The van der Waals surface area contributed by atoms with E-state index in [-0.39, 0.29) is 25.2 Å². The van der Waals surface area contributed by atoms with Gasteiger partial charge in [0.15, 0.2) is 0 Å². The summed E-state index contributed by atoms with van der Waals surface area (Å²) < 4.78 is 26.1. The smallest absolute Gasteiger partial charge is 0.248 e. The van der Waals surface area contributed by atoms with E-state index >= 15 is 0 Å². The number of nitrogens with one attached hydrogen (secondary N) is 1. The van der Waals surface area contributed by atoms with E-state index in [0.29, 0.717) is 12.2 Å². The van der Waals surface area contributed by atoms with E-state index < -0.39 is 11.8 Å². The third-order valence-electron chi connectivity index (χ3n) is 3.27. The van der Waals surface area contributed by atoms with E-state index in [9.17, 15) is 13.6 Å². The first-order valence-corrected chi connectivity index (χ1v) is 5.98. The number of para-hydroxylation sites is 1. The molecule has 18 heavy (non-hydrogen) atoms. The van der Waals surface area contributed by atoms with Crippen LogP contribution in [0.1, 0.15) is 24.8 Å². The standard InChI is InChI=1S/C13H16F2N2O/c14-13(15)6-5-9(7-13)12(18)17-11-4-2-1-3-10(11)8-16/h1-4,9H,5-8,16H2,(H,17,18). The minimum atomic E-state index is -2.70. The second kappa shape index (κ2) is 5.02. The van der Waals surface area contributed by atoms with Crippen LogP contribution in [0.3, 0.4) is 0 Å². The Morgan fingerprint density at radius 3 is 2.78 bits per heavy atom. The predicted molar refractivity (Wildman–Crippen MR) is 65.3 cm³/mol. The lowest BCUT2D eigenvalue weighted by Gasteiger charge is -2.13. The molecule has 1 aliphatic carbocycles. The molecule has 1 unspecified atom stereocenters. The minimum Gasteiger partial charge on any atom is -0.326 e. The molecule has 1 aromatic rings. The number of nitrogens with two attached hydrogens (primary N) is 1. The molecule has 2 rings (SSSR count). The second-order valence-corrected chi connectivity index (χ2v) is 4.65. The molecule has 3 nitrogen and oxygen atoms in total. The number of anilines is 1. The molecule has 1 saturated carbocycles. The first-order chi connectivity index (χ1) is 8.52. The molecule has 5 heteroatoms. The molecule has 0 aliphatic heterocycles. The molecular formula is C13H16F2N2O. The number of carbonyl (C=O) groups excluding carboxylic acids is 1. The molecular weight excluding hydrogens is 238 g/mol. The highest BCUT2D eigenvalue weighted by atomic mass is 19.3. The SMILES string of the molecule is NCc1ccccc1NC(=O)C1CCC(F)(F)C1. The van der Waals surface area contributed by atoms with Gasteiger partial charge in [0.1, 0.15) is 0 Å². The lowest BCUT2D eigenvalue weighted by molar-refractivity contribution is -0.120. The zero-order chi connectivity index (χ0) is 13.2. The summed E-state index contributed by atoms with van der Waals surface area (Å²) in [7, 11) is 0. The topological polar surface area (TPSA) is 55.1 Å². The second-order valence-electron chi connectivity index (χ2n) is 4.65. The van der Waals surface area contributed by atoms with Crippen molar-refractivity contribution in [2.45, 2.75) is 31.7 Å². The van der Waals surface area contributed by atoms with Crippen molar-refractivity contribution in [3.8, 4) is 0 Å². The monoisotopic (exact) mass is 254 g/mol. The first kappa shape index (κ1) is 13.0. The number of benzene rings is 1. The zero-order valence-corrected chi connectivity index (χ0v) is 9.96. The molecule has 0 saturated heterocycles. The Labute approximate surface area is 104 Å². The lowest BCUT2D eigenvalue weighted by Crippen LogP contribution is -2.23. The van der Waals surface area contributed by atoms with Crippen molar-refractivity contribution in [2.75, 3.05) is 5.32 Å². The van der Waals surface area contributed by atoms with Crippen LogP contribution in [-0.2, 0) is 11.3 Å². The van der Waals surface area contributed by atoms with Gasteiger partial charge in [-0.1, -0.05) is 18.2 Å². The van der Waals surface area contributed by atoms with E-state index in [4.69, 9.17) is 5.73 Å². The predicted octanol–water partition coefficient (Wildman–Crippen LogP) is 2.52. The fraction of sp³-hybridized carbons (Fsp3) is 0.462. The van der Waals surface area contributed by atoms with E-state index in [1.807, 2.05) is 6.07 Å². The maximum atomic E-state index is 13.0. The molecule has 1 aliphatic rings. The summed E-state index contributed by atoms with van der Waals surface area (Å²) in [6, 6.07) is 7.13. The number of rotatable bonds is 3. The van der Waals surface area contributed by atoms with Gasteiger partial charge in [-0.05, 0) is 18.1 Å². The highest BCUT2D eigenvalue weighted by Gasteiger charge is 2.42. The number of hydrogen-bond acceptors (Lipinski definition) is 2. The van der Waals surface area contributed by atoms with Gasteiger partial charge >= 0.3 is 0 Å². The molecule has 0 heterocycles. The van der Waals surface area contributed by atoms with Crippen molar-refractivity contribution >= 4 is 11.6 Å². The summed E-state index contributed by atoms with van der Waals surface area (Å²) in [5.74, 6) is -3.64. The number of halogens is 2. The van der Waals surface area contributed by atoms with Crippen molar-refractivity contribution in [3.05, 3.63) is 29.8 Å². The van der Waals surface area contributed by atoms with Gasteiger partial charge in [0, 0.05) is 31.0 Å². The van der Waals surface area contributed by atoms with Crippen LogP contribution < -0.4 is 11.1 Å². The van der Waals surface area contributed by atoms with Gasteiger partial charge in [-0.3, -0.25) is 4.79 Å². The number of carbonyl (C=O) groups is 1. The maximum absolute atomic E-state index is 13.0. The number of alkyl halides is 2.